The highest BCUT2D eigenvalue weighted by molar-refractivity contribution is 7.17. The van der Waals surface area contributed by atoms with Crippen LogP contribution in [0, 0.1) is 6.92 Å². The number of rotatable bonds is 3. The van der Waals surface area contributed by atoms with E-state index in [1.165, 1.54) is 11.3 Å². The maximum atomic E-state index is 12.2. The average molecular weight is 335 g/mol. The van der Waals surface area contributed by atoms with Crippen molar-refractivity contribution in [3.05, 3.63) is 28.0 Å². The summed E-state index contributed by atoms with van der Waals surface area (Å²) in [4.78, 5) is 18.5. The van der Waals surface area contributed by atoms with Gasteiger partial charge in [0.05, 0.1) is 0 Å². The number of nitrogens with zero attached hydrogens (tertiary/aromatic N) is 4. The molecule has 7 nitrogen and oxygen atoms in total. The number of ether oxygens (including phenoxy) is 1. The van der Waals surface area contributed by atoms with Gasteiger partial charge in [0.15, 0.2) is 4.96 Å². The Balaban J connectivity index is 1.49. The van der Waals surface area contributed by atoms with E-state index in [0.717, 1.165) is 34.3 Å². The molecule has 114 valence electrons. The number of aryl methyl sites for hydroxylation is 1. The van der Waals surface area contributed by atoms with Crippen LogP contribution in [-0.4, -0.2) is 32.1 Å². The summed E-state index contributed by atoms with van der Waals surface area (Å²) in [6, 6.07) is 0. The largest absolute Gasteiger partial charge is 0.371 e. The van der Waals surface area contributed by atoms with Crippen LogP contribution in [0.1, 0.15) is 39.3 Å². The van der Waals surface area contributed by atoms with Crippen LogP contribution in [0.15, 0.2) is 12.4 Å². The van der Waals surface area contributed by atoms with E-state index in [1.54, 1.807) is 17.5 Å². The molecule has 1 aliphatic heterocycles. The number of aromatic nitrogens is 4. The topological polar surface area (TPSA) is 81.4 Å². The van der Waals surface area contributed by atoms with Crippen LogP contribution >= 0.6 is 22.7 Å². The molecule has 1 fully saturated rings. The van der Waals surface area contributed by atoms with Gasteiger partial charge in [-0.25, -0.2) is 4.98 Å². The van der Waals surface area contributed by atoms with Crippen molar-refractivity contribution >= 4 is 38.7 Å². The van der Waals surface area contributed by atoms with Gasteiger partial charge in [0.25, 0.3) is 5.91 Å². The number of hydrogen-bond donors (Lipinski definition) is 1. The number of carbonyl (C=O) groups excluding carboxylic acids is 1. The third-order valence-corrected chi connectivity index (χ3v) is 5.21. The van der Waals surface area contributed by atoms with Crippen molar-refractivity contribution in [2.24, 2.45) is 0 Å². The molecule has 4 heterocycles. The zero-order valence-corrected chi connectivity index (χ0v) is 13.4. The van der Waals surface area contributed by atoms with Crippen molar-refractivity contribution in [2.75, 3.05) is 11.9 Å². The van der Waals surface area contributed by atoms with E-state index in [0.29, 0.717) is 10.8 Å². The zero-order valence-electron chi connectivity index (χ0n) is 11.8. The SMILES string of the molecule is Cc1cn2cc(C(=O)Nc3nnc(C4CCCO4)s3)nc2s1. The molecule has 3 aromatic heterocycles. The second kappa shape index (κ2) is 5.41. The maximum absolute atomic E-state index is 12.2. The third-order valence-electron chi connectivity index (χ3n) is 3.37. The molecule has 1 N–H and O–H groups in total. The van der Waals surface area contributed by atoms with Crippen LogP contribution in [0.25, 0.3) is 4.96 Å². The Labute approximate surface area is 134 Å². The molecule has 1 aliphatic rings. The summed E-state index contributed by atoms with van der Waals surface area (Å²) in [6.07, 6.45) is 5.68. The highest BCUT2D eigenvalue weighted by Gasteiger charge is 2.22. The van der Waals surface area contributed by atoms with Gasteiger partial charge >= 0.3 is 0 Å². The van der Waals surface area contributed by atoms with Crippen molar-refractivity contribution in [1.29, 1.82) is 0 Å². The van der Waals surface area contributed by atoms with E-state index in [-0.39, 0.29) is 12.0 Å². The zero-order chi connectivity index (χ0) is 15.1. The first-order chi connectivity index (χ1) is 10.7. The van der Waals surface area contributed by atoms with Crippen molar-refractivity contribution < 1.29 is 9.53 Å². The number of hydrogen-bond acceptors (Lipinski definition) is 7. The lowest BCUT2D eigenvalue weighted by molar-refractivity contribution is 0.102. The minimum atomic E-state index is -0.274. The van der Waals surface area contributed by atoms with Crippen LogP contribution in [0.3, 0.4) is 0 Å². The second-order valence-corrected chi connectivity index (χ2v) is 7.28. The third kappa shape index (κ3) is 2.51. The number of nitrogens with one attached hydrogen (secondary N) is 1. The van der Waals surface area contributed by atoms with E-state index >= 15 is 0 Å². The number of fused-ring (bicyclic) bond motifs is 1. The Kier molecular flexibility index (Phi) is 3.40. The molecule has 4 rings (SSSR count). The summed E-state index contributed by atoms with van der Waals surface area (Å²) >= 11 is 2.90. The molecular weight excluding hydrogens is 322 g/mol. The molecule has 0 bridgehead atoms. The number of carbonyl (C=O) groups is 1. The number of imidazole rings is 1. The Morgan fingerprint density at radius 1 is 1.41 bits per heavy atom. The Hall–Kier alpha value is -1.84. The summed E-state index contributed by atoms with van der Waals surface area (Å²) < 4.78 is 7.42. The molecule has 3 aromatic rings. The van der Waals surface area contributed by atoms with E-state index in [4.69, 9.17) is 4.74 Å². The standard InChI is InChI=1S/C13H13N5O2S2/c1-7-5-18-6-8(14-13(18)21-7)10(19)15-12-17-16-11(22-12)9-3-2-4-20-9/h5-6,9H,2-4H2,1H3,(H,15,17,19). The maximum Gasteiger partial charge on any atom is 0.277 e. The van der Waals surface area contributed by atoms with Gasteiger partial charge in [-0.3, -0.25) is 14.5 Å². The summed E-state index contributed by atoms with van der Waals surface area (Å²) in [5.74, 6) is -0.274. The number of amides is 1. The second-order valence-electron chi connectivity index (χ2n) is 5.06. The molecule has 22 heavy (non-hydrogen) atoms. The summed E-state index contributed by atoms with van der Waals surface area (Å²) in [5.41, 5.74) is 0.375. The van der Waals surface area contributed by atoms with Crippen LogP contribution in [-0.2, 0) is 4.74 Å². The highest BCUT2D eigenvalue weighted by atomic mass is 32.1. The van der Waals surface area contributed by atoms with Crippen LogP contribution < -0.4 is 5.32 Å². The van der Waals surface area contributed by atoms with E-state index < -0.39 is 0 Å². The predicted molar refractivity (Wildman–Crippen MR) is 83.6 cm³/mol. The molecular formula is C13H13N5O2S2. The molecule has 1 unspecified atom stereocenters. The van der Waals surface area contributed by atoms with Crippen molar-refractivity contribution in [1.82, 2.24) is 19.6 Å². The smallest absolute Gasteiger partial charge is 0.277 e. The van der Waals surface area contributed by atoms with Gasteiger partial charge in [-0.2, -0.15) is 0 Å². The van der Waals surface area contributed by atoms with Gasteiger partial charge < -0.3 is 4.74 Å². The van der Waals surface area contributed by atoms with E-state index in [2.05, 4.69) is 20.5 Å². The average Bonchev–Trinajstić information content (AvgIpc) is 3.20. The van der Waals surface area contributed by atoms with Crippen molar-refractivity contribution in [3.63, 3.8) is 0 Å². The van der Waals surface area contributed by atoms with Gasteiger partial charge in [-0.05, 0) is 19.8 Å². The van der Waals surface area contributed by atoms with Gasteiger partial charge in [0, 0.05) is 23.9 Å². The van der Waals surface area contributed by atoms with Crippen molar-refractivity contribution in [2.45, 2.75) is 25.9 Å². The highest BCUT2D eigenvalue weighted by Crippen LogP contribution is 2.32. The summed E-state index contributed by atoms with van der Waals surface area (Å²) in [7, 11) is 0. The Morgan fingerprint density at radius 3 is 3.09 bits per heavy atom. The molecule has 1 amide bonds. The fourth-order valence-electron chi connectivity index (χ4n) is 2.37. The van der Waals surface area contributed by atoms with Crippen LogP contribution in [0.5, 0.6) is 0 Å². The normalized spacial score (nSPS) is 18.1. The van der Waals surface area contributed by atoms with Gasteiger partial charge in [-0.1, -0.05) is 11.3 Å². The van der Waals surface area contributed by atoms with Crippen LogP contribution in [0.2, 0.25) is 0 Å². The first kappa shape index (κ1) is 13.8. The predicted octanol–water partition coefficient (Wildman–Crippen LogP) is 2.66. The Bertz CT molecular complexity index is 799. The lowest BCUT2D eigenvalue weighted by Gasteiger charge is -2.02. The molecule has 1 atom stereocenters. The van der Waals surface area contributed by atoms with Gasteiger partial charge in [0.2, 0.25) is 5.13 Å². The summed E-state index contributed by atoms with van der Waals surface area (Å²) in [6.45, 7) is 2.77. The first-order valence-electron chi connectivity index (χ1n) is 6.90. The molecule has 0 aliphatic carbocycles. The monoisotopic (exact) mass is 335 g/mol. The number of anilines is 1. The lowest BCUT2D eigenvalue weighted by Crippen LogP contribution is -2.12. The van der Waals surface area contributed by atoms with E-state index in [1.807, 2.05) is 17.5 Å². The summed E-state index contributed by atoms with van der Waals surface area (Å²) in [5, 5.41) is 12.1. The van der Waals surface area contributed by atoms with Gasteiger partial charge in [0.1, 0.15) is 16.8 Å². The molecule has 0 radical (unpaired) electrons. The molecule has 9 heteroatoms. The number of thiazole rings is 1. The van der Waals surface area contributed by atoms with Gasteiger partial charge in [-0.15, -0.1) is 21.5 Å². The minimum Gasteiger partial charge on any atom is -0.371 e. The quantitative estimate of drug-likeness (QED) is 0.796. The molecule has 0 spiro atoms. The first-order valence-corrected chi connectivity index (χ1v) is 8.54. The molecule has 1 saturated heterocycles. The lowest BCUT2D eigenvalue weighted by atomic mass is 10.2. The molecule has 0 aromatic carbocycles. The van der Waals surface area contributed by atoms with Crippen molar-refractivity contribution in [3.8, 4) is 0 Å². The fraction of sp³-hybridized carbons (Fsp3) is 0.385. The van der Waals surface area contributed by atoms with Crippen LogP contribution in [0.4, 0.5) is 5.13 Å². The molecule has 0 saturated carbocycles. The Morgan fingerprint density at radius 2 is 2.32 bits per heavy atom. The van der Waals surface area contributed by atoms with E-state index in [9.17, 15) is 4.79 Å². The fourth-order valence-corrected chi connectivity index (χ4v) is 4.00. The minimum absolute atomic E-state index is 0.0177.